The zero-order chi connectivity index (χ0) is 19.7. The summed E-state index contributed by atoms with van der Waals surface area (Å²) in [5, 5.41) is 0. The van der Waals surface area contributed by atoms with Gasteiger partial charge in [-0.25, -0.2) is 8.42 Å². The lowest BCUT2D eigenvalue weighted by molar-refractivity contribution is 0.181. The number of piperazine rings is 1. The molecule has 0 radical (unpaired) electrons. The molecule has 0 amide bonds. The van der Waals surface area contributed by atoms with Crippen LogP contribution in [0.25, 0.3) is 0 Å². The molecule has 0 atom stereocenters. The summed E-state index contributed by atoms with van der Waals surface area (Å²) < 4.78 is 28.0. The summed E-state index contributed by atoms with van der Waals surface area (Å²) in [7, 11) is -3.43. The van der Waals surface area contributed by atoms with E-state index in [1.54, 1.807) is 22.5 Å². The molecule has 0 aromatic heterocycles. The van der Waals surface area contributed by atoms with E-state index < -0.39 is 10.0 Å². The molecule has 0 aliphatic carbocycles. The van der Waals surface area contributed by atoms with Crippen LogP contribution in [0.3, 0.4) is 0 Å². The number of hydrogen-bond acceptors (Lipinski definition) is 3. The number of benzene rings is 2. The molecule has 1 aliphatic rings. The third-order valence-electron chi connectivity index (χ3n) is 4.99. The summed E-state index contributed by atoms with van der Waals surface area (Å²) in [4.78, 5) is 2.67. The highest BCUT2D eigenvalue weighted by Gasteiger charge is 2.28. The first-order valence-electron chi connectivity index (χ1n) is 9.24. The van der Waals surface area contributed by atoms with Crippen molar-refractivity contribution < 1.29 is 8.42 Å². The first kappa shape index (κ1) is 20.5. The Balaban J connectivity index is 1.60. The molecule has 0 unspecified atom stereocenters. The van der Waals surface area contributed by atoms with Gasteiger partial charge in [0, 0.05) is 37.2 Å². The first-order chi connectivity index (χ1) is 12.7. The number of halogens is 1. The molecule has 0 bridgehead atoms. The predicted molar refractivity (Wildman–Crippen MR) is 113 cm³/mol. The van der Waals surface area contributed by atoms with E-state index >= 15 is 0 Å². The molecule has 2 aromatic carbocycles. The second-order valence-electron chi connectivity index (χ2n) is 8.08. The van der Waals surface area contributed by atoms with Crippen molar-refractivity contribution in [3.63, 3.8) is 0 Å². The second kappa shape index (κ2) is 8.03. The lowest BCUT2D eigenvalue weighted by atomic mass is 9.87. The third-order valence-corrected chi connectivity index (χ3v) is 7.38. The zero-order valence-corrected chi connectivity index (χ0v) is 18.6. The van der Waals surface area contributed by atoms with Gasteiger partial charge in [-0.3, -0.25) is 4.90 Å². The third kappa shape index (κ3) is 4.99. The normalized spacial score (nSPS) is 17.2. The lowest BCUT2D eigenvalue weighted by Gasteiger charge is -2.34. The van der Waals surface area contributed by atoms with Crippen molar-refractivity contribution in [2.24, 2.45) is 0 Å². The molecule has 3 rings (SSSR count). The molecule has 1 saturated heterocycles. The van der Waals surface area contributed by atoms with Crippen LogP contribution in [0.5, 0.6) is 0 Å². The fourth-order valence-corrected chi connectivity index (χ4v) is 5.29. The van der Waals surface area contributed by atoms with Crippen molar-refractivity contribution in [3.05, 3.63) is 64.1 Å². The van der Waals surface area contributed by atoms with Gasteiger partial charge < -0.3 is 0 Å². The number of nitrogens with zero attached hydrogens (tertiary/aromatic N) is 2. The quantitative estimate of drug-likeness (QED) is 0.698. The number of rotatable bonds is 4. The summed E-state index contributed by atoms with van der Waals surface area (Å²) in [6.07, 6.45) is 0. The molecule has 27 heavy (non-hydrogen) atoms. The lowest BCUT2D eigenvalue weighted by Crippen LogP contribution is -2.48. The first-order valence-corrected chi connectivity index (χ1v) is 11.5. The van der Waals surface area contributed by atoms with Crippen molar-refractivity contribution in [2.75, 3.05) is 26.2 Å². The van der Waals surface area contributed by atoms with Crippen LogP contribution in [0.2, 0.25) is 0 Å². The van der Waals surface area contributed by atoms with E-state index in [9.17, 15) is 8.42 Å². The monoisotopic (exact) mass is 450 g/mol. The van der Waals surface area contributed by atoms with Crippen molar-refractivity contribution >= 4 is 26.0 Å². The second-order valence-corrected chi connectivity index (χ2v) is 10.9. The largest absolute Gasteiger partial charge is 0.296 e. The molecule has 6 heteroatoms. The Morgan fingerprint density at radius 2 is 1.59 bits per heavy atom. The maximum atomic E-state index is 12.8. The molecule has 0 saturated carbocycles. The molecule has 2 aromatic rings. The molecule has 1 heterocycles. The van der Waals surface area contributed by atoms with Gasteiger partial charge in [0.15, 0.2) is 0 Å². The fraction of sp³-hybridized carbons (Fsp3) is 0.429. The van der Waals surface area contributed by atoms with Crippen LogP contribution in [-0.4, -0.2) is 43.8 Å². The van der Waals surface area contributed by atoms with Gasteiger partial charge in [0.1, 0.15) is 0 Å². The topological polar surface area (TPSA) is 40.6 Å². The minimum Gasteiger partial charge on any atom is -0.296 e. The summed E-state index contributed by atoms with van der Waals surface area (Å²) in [5.74, 6) is 0. The molecular formula is C21H27BrN2O2S. The Labute approximate surface area is 171 Å². The van der Waals surface area contributed by atoms with Crippen LogP contribution in [0.1, 0.15) is 31.9 Å². The van der Waals surface area contributed by atoms with E-state index in [-0.39, 0.29) is 5.41 Å². The van der Waals surface area contributed by atoms with Gasteiger partial charge in [0.2, 0.25) is 10.0 Å². The number of sulfonamides is 1. The maximum absolute atomic E-state index is 12.8. The van der Waals surface area contributed by atoms with Gasteiger partial charge in [0.05, 0.1) is 4.90 Å². The van der Waals surface area contributed by atoms with Gasteiger partial charge >= 0.3 is 0 Å². The Bertz CT molecular complexity index is 881. The van der Waals surface area contributed by atoms with Crippen LogP contribution in [-0.2, 0) is 22.0 Å². The average Bonchev–Trinajstić information content (AvgIpc) is 2.62. The van der Waals surface area contributed by atoms with Crippen molar-refractivity contribution in [2.45, 2.75) is 37.6 Å². The maximum Gasteiger partial charge on any atom is 0.243 e. The highest BCUT2D eigenvalue weighted by molar-refractivity contribution is 9.10. The Kier molecular flexibility index (Phi) is 6.11. The molecule has 0 spiro atoms. The van der Waals surface area contributed by atoms with Crippen LogP contribution < -0.4 is 0 Å². The van der Waals surface area contributed by atoms with E-state index in [0.717, 1.165) is 24.1 Å². The Morgan fingerprint density at radius 3 is 2.15 bits per heavy atom. The van der Waals surface area contributed by atoms with Gasteiger partial charge in [-0.2, -0.15) is 4.31 Å². The predicted octanol–water partition coefficient (Wildman–Crippen LogP) is 4.25. The minimum absolute atomic E-state index is 0.158. The molecular weight excluding hydrogens is 424 g/mol. The average molecular weight is 451 g/mol. The van der Waals surface area contributed by atoms with Crippen LogP contribution in [0.15, 0.2) is 57.9 Å². The van der Waals surface area contributed by atoms with E-state index in [2.05, 4.69) is 65.9 Å². The van der Waals surface area contributed by atoms with E-state index in [1.165, 1.54) is 11.1 Å². The summed E-state index contributed by atoms with van der Waals surface area (Å²) in [5.41, 5.74) is 2.76. The molecule has 4 nitrogen and oxygen atoms in total. The van der Waals surface area contributed by atoms with Gasteiger partial charge in [-0.05, 0) is 34.7 Å². The SMILES string of the molecule is CC(C)(C)c1ccc(CN2CCN(S(=O)(=O)c3cccc(Br)c3)CC2)cc1. The van der Waals surface area contributed by atoms with Crippen LogP contribution >= 0.6 is 15.9 Å². The zero-order valence-electron chi connectivity index (χ0n) is 16.2. The smallest absolute Gasteiger partial charge is 0.243 e. The summed E-state index contributed by atoms with van der Waals surface area (Å²) in [6.45, 7) is 10.0. The van der Waals surface area contributed by atoms with E-state index in [0.29, 0.717) is 18.0 Å². The van der Waals surface area contributed by atoms with Crippen molar-refractivity contribution in [1.82, 2.24) is 9.21 Å². The van der Waals surface area contributed by atoms with Gasteiger partial charge in [-0.15, -0.1) is 0 Å². The Hall–Kier alpha value is -1.21. The molecule has 1 aliphatic heterocycles. The van der Waals surface area contributed by atoms with Crippen molar-refractivity contribution in [1.29, 1.82) is 0 Å². The van der Waals surface area contributed by atoms with Crippen LogP contribution in [0, 0.1) is 0 Å². The fourth-order valence-electron chi connectivity index (χ4n) is 3.27. The van der Waals surface area contributed by atoms with E-state index in [4.69, 9.17) is 0 Å². The molecule has 1 fully saturated rings. The summed E-state index contributed by atoms with van der Waals surface area (Å²) in [6, 6.07) is 15.7. The molecule has 0 N–H and O–H groups in total. The van der Waals surface area contributed by atoms with Gasteiger partial charge in [-0.1, -0.05) is 67.0 Å². The van der Waals surface area contributed by atoms with Crippen LogP contribution in [0.4, 0.5) is 0 Å². The summed E-state index contributed by atoms with van der Waals surface area (Å²) >= 11 is 3.35. The standard InChI is InChI=1S/C21H27BrN2O2S/c1-21(2,3)18-9-7-17(8-10-18)16-23-11-13-24(14-12-23)27(25,26)20-6-4-5-19(22)15-20/h4-10,15H,11-14,16H2,1-3H3. The van der Waals surface area contributed by atoms with E-state index in [1.807, 2.05) is 6.07 Å². The molecule has 146 valence electrons. The number of hydrogen-bond donors (Lipinski definition) is 0. The van der Waals surface area contributed by atoms with Gasteiger partial charge in [0.25, 0.3) is 0 Å². The Morgan fingerprint density at radius 1 is 0.963 bits per heavy atom. The highest BCUT2D eigenvalue weighted by Crippen LogP contribution is 2.24. The minimum atomic E-state index is -3.43. The highest BCUT2D eigenvalue weighted by atomic mass is 79.9. The van der Waals surface area contributed by atoms with Crippen molar-refractivity contribution in [3.8, 4) is 0 Å².